The fourth-order valence-corrected chi connectivity index (χ4v) is 4.80. The molecule has 9 heteroatoms. The highest BCUT2D eigenvalue weighted by atomic mass is 35.5. The highest BCUT2D eigenvalue weighted by molar-refractivity contribution is 7.89. The number of sulfonamides is 1. The van der Waals surface area contributed by atoms with Crippen molar-refractivity contribution in [1.82, 2.24) is 4.31 Å². The molecule has 136 valence electrons. The van der Waals surface area contributed by atoms with Crippen molar-refractivity contribution in [2.75, 3.05) is 13.1 Å². The van der Waals surface area contributed by atoms with Crippen LogP contribution in [0.3, 0.4) is 0 Å². The summed E-state index contributed by atoms with van der Waals surface area (Å²) in [4.78, 5) is 10.4. The van der Waals surface area contributed by atoms with Gasteiger partial charge in [-0.2, -0.15) is 4.31 Å². The quantitative estimate of drug-likeness (QED) is 0.626. The summed E-state index contributed by atoms with van der Waals surface area (Å²) < 4.78 is 27.4. The molecule has 2 N–H and O–H groups in total. The van der Waals surface area contributed by atoms with Crippen molar-refractivity contribution in [3.05, 3.63) is 33.9 Å². The number of nitro benzene ring substituents is 1. The first-order valence-corrected chi connectivity index (χ1v) is 9.24. The van der Waals surface area contributed by atoms with E-state index in [1.807, 2.05) is 13.8 Å². The van der Waals surface area contributed by atoms with Gasteiger partial charge in [0.25, 0.3) is 5.69 Å². The lowest BCUT2D eigenvalue weighted by Gasteiger charge is -2.34. The number of non-ortho nitro benzene ring substituents is 1. The Bertz CT molecular complexity index is 694. The minimum Gasteiger partial charge on any atom is -0.328 e. The van der Waals surface area contributed by atoms with Gasteiger partial charge in [0, 0.05) is 31.3 Å². The second kappa shape index (κ2) is 8.24. The van der Waals surface area contributed by atoms with E-state index >= 15 is 0 Å². The Hall–Kier alpha value is -1.22. The predicted octanol–water partition coefficient (Wildman–Crippen LogP) is 2.33. The van der Waals surface area contributed by atoms with Crippen LogP contribution in [-0.4, -0.2) is 36.8 Å². The van der Waals surface area contributed by atoms with Crippen molar-refractivity contribution in [2.45, 2.75) is 44.0 Å². The number of piperidine rings is 1. The zero-order chi connectivity index (χ0) is 17.2. The average molecular weight is 378 g/mol. The van der Waals surface area contributed by atoms with E-state index in [0.717, 1.165) is 12.8 Å². The number of hydrogen-bond acceptors (Lipinski definition) is 5. The summed E-state index contributed by atoms with van der Waals surface area (Å²) in [5.41, 5.74) is 6.31. The van der Waals surface area contributed by atoms with Gasteiger partial charge in [-0.05, 0) is 37.7 Å². The first-order valence-electron chi connectivity index (χ1n) is 7.80. The standard InChI is InChI=1S/C15H23N3O4S.ClH/c1-3-12-6-7-14(18(19)20)9-15(12)23(21,22)17-8-4-5-13(10-17)11(2)16;/h6-7,9,11,13H,3-5,8,10,16H2,1-2H3;1H. The monoisotopic (exact) mass is 377 g/mol. The van der Waals surface area contributed by atoms with Crippen LogP contribution in [0.2, 0.25) is 0 Å². The molecule has 2 atom stereocenters. The molecule has 2 unspecified atom stereocenters. The normalized spacial score (nSPS) is 20.2. The van der Waals surface area contributed by atoms with Crippen molar-refractivity contribution >= 4 is 28.1 Å². The Morgan fingerprint density at radius 3 is 2.67 bits per heavy atom. The third kappa shape index (κ3) is 4.24. The van der Waals surface area contributed by atoms with Crippen molar-refractivity contribution in [3.8, 4) is 0 Å². The molecule has 1 aromatic carbocycles. The zero-order valence-corrected chi connectivity index (χ0v) is 15.5. The van der Waals surface area contributed by atoms with Gasteiger partial charge in [0.05, 0.1) is 9.82 Å². The van der Waals surface area contributed by atoms with Gasteiger partial charge in [-0.3, -0.25) is 10.1 Å². The summed E-state index contributed by atoms with van der Waals surface area (Å²) in [6.07, 6.45) is 2.15. The molecule has 0 bridgehead atoms. The van der Waals surface area contributed by atoms with Gasteiger partial charge in [-0.1, -0.05) is 13.0 Å². The molecule has 0 radical (unpaired) electrons. The van der Waals surface area contributed by atoms with Gasteiger partial charge >= 0.3 is 0 Å². The molecular formula is C15H24ClN3O4S. The maximum atomic E-state index is 13.0. The smallest absolute Gasteiger partial charge is 0.270 e. The molecule has 0 saturated carbocycles. The van der Waals surface area contributed by atoms with Crippen LogP contribution in [0.4, 0.5) is 5.69 Å². The number of nitrogens with two attached hydrogens (primary N) is 1. The lowest BCUT2D eigenvalue weighted by Crippen LogP contribution is -2.45. The van der Waals surface area contributed by atoms with Gasteiger partial charge in [0.15, 0.2) is 0 Å². The molecule has 1 saturated heterocycles. The van der Waals surface area contributed by atoms with Gasteiger partial charge in [0.2, 0.25) is 10.0 Å². The van der Waals surface area contributed by atoms with E-state index in [4.69, 9.17) is 5.73 Å². The number of nitrogens with zero attached hydrogens (tertiary/aromatic N) is 2. The summed E-state index contributed by atoms with van der Waals surface area (Å²) in [7, 11) is -3.75. The van der Waals surface area contributed by atoms with Gasteiger partial charge in [-0.25, -0.2) is 8.42 Å². The van der Waals surface area contributed by atoms with Crippen molar-refractivity contribution in [1.29, 1.82) is 0 Å². The van der Waals surface area contributed by atoms with Crippen LogP contribution < -0.4 is 5.73 Å². The maximum Gasteiger partial charge on any atom is 0.270 e. The SMILES string of the molecule is CCc1ccc([N+](=O)[O-])cc1S(=O)(=O)N1CCCC(C(C)N)C1.Cl. The lowest BCUT2D eigenvalue weighted by atomic mass is 9.93. The van der Waals surface area contributed by atoms with Crippen LogP contribution in [0.1, 0.15) is 32.3 Å². The Morgan fingerprint density at radius 2 is 2.12 bits per heavy atom. The molecule has 2 rings (SSSR count). The maximum absolute atomic E-state index is 13.0. The zero-order valence-electron chi connectivity index (χ0n) is 13.8. The van der Waals surface area contributed by atoms with Crippen LogP contribution in [0.5, 0.6) is 0 Å². The third-order valence-corrected chi connectivity index (χ3v) is 6.37. The molecule has 0 aromatic heterocycles. The molecule has 1 aliphatic rings. The number of aryl methyl sites for hydroxylation is 1. The topological polar surface area (TPSA) is 107 Å². The molecule has 24 heavy (non-hydrogen) atoms. The molecule has 1 fully saturated rings. The Morgan fingerprint density at radius 1 is 1.46 bits per heavy atom. The summed E-state index contributed by atoms with van der Waals surface area (Å²) in [5.74, 6) is 0.113. The number of benzene rings is 1. The van der Waals surface area contributed by atoms with E-state index in [0.29, 0.717) is 25.1 Å². The molecular weight excluding hydrogens is 354 g/mol. The molecule has 1 aromatic rings. The van der Waals surface area contributed by atoms with Crippen molar-refractivity contribution in [2.24, 2.45) is 11.7 Å². The van der Waals surface area contributed by atoms with Crippen molar-refractivity contribution < 1.29 is 13.3 Å². The summed E-state index contributed by atoms with van der Waals surface area (Å²) >= 11 is 0. The second-order valence-corrected chi connectivity index (χ2v) is 7.93. The summed E-state index contributed by atoms with van der Waals surface area (Å²) in [6, 6.07) is 3.96. The van der Waals surface area contributed by atoms with E-state index in [1.54, 1.807) is 0 Å². The number of rotatable bonds is 5. The molecule has 7 nitrogen and oxygen atoms in total. The number of halogens is 1. The van der Waals surface area contributed by atoms with Gasteiger partial charge in [0.1, 0.15) is 0 Å². The fourth-order valence-electron chi connectivity index (χ4n) is 2.95. The van der Waals surface area contributed by atoms with Crippen LogP contribution >= 0.6 is 12.4 Å². The minimum atomic E-state index is -3.75. The lowest BCUT2D eigenvalue weighted by molar-refractivity contribution is -0.385. The Labute approximate surface area is 148 Å². The predicted molar refractivity (Wildman–Crippen MR) is 94.9 cm³/mol. The largest absolute Gasteiger partial charge is 0.328 e. The van der Waals surface area contributed by atoms with E-state index in [2.05, 4.69) is 0 Å². The highest BCUT2D eigenvalue weighted by Gasteiger charge is 2.33. The second-order valence-electron chi connectivity index (χ2n) is 6.03. The van der Waals surface area contributed by atoms with Gasteiger partial charge < -0.3 is 5.73 Å². The summed E-state index contributed by atoms with van der Waals surface area (Å²) in [6.45, 7) is 4.51. The van der Waals surface area contributed by atoms with E-state index in [-0.39, 0.29) is 34.9 Å². The van der Waals surface area contributed by atoms with E-state index in [9.17, 15) is 18.5 Å². The first kappa shape index (κ1) is 20.8. The number of hydrogen-bond donors (Lipinski definition) is 1. The molecule has 0 spiro atoms. The highest BCUT2D eigenvalue weighted by Crippen LogP contribution is 2.29. The molecule has 0 aliphatic carbocycles. The Kier molecular flexibility index (Phi) is 7.15. The number of nitro groups is 1. The van der Waals surface area contributed by atoms with Crippen LogP contribution in [0.15, 0.2) is 23.1 Å². The van der Waals surface area contributed by atoms with Crippen LogP contribution in [0.25, 0.3) is 0 Å². The molecule has 0 amide bonds. The minimum absolute atomic E-state index is 0. The fraction of sp³-hybridized carbons (Fsp3) is 0.600. The first-order chi connectivity index (χ1) is 10.8. The van der Waals surface area contributed by atoms with Crippen LogP contribution in [0, 0.1) is 16.0 Å². The van der Waals surface area contributed by atoms with E-state index in [1.165, 1.54) is 22.5 Å². The van der Waals surface area contributed by atoms with Crippen molar-refractivity contribution in [3.63, 3.8) is 0 Å². The summed E-state index contributed by atoms with van der Waals surface area (Å²) in [5, 5.41) is 11.0. The third-order valence-electron chi connectivity index (χ3n) is 4.42. The van der Waals surface area contributed by atoms with Crippen LogP contribution in [-0.2, 0) is 16.4 Å². The Balaban J connectivity index is 0.00000288. The van der Waals surface area contributed by atoms with Gasteiger partial charge in [-0.15, -0.1) is 12.4 Å². The van der Waals surface area contributed by atoms with E-state index < -0.39 is 14.9 Å². The molecule has 1 aliphatic heterocycles. The molecule has 1 heterocycles. The average Bonchev–Trinajstić information content (AvgIpc) is 2.54.